The lowest BCUT2D eigenvalue weighted by molar-refractivity contribution is 0.531. The van der Waals surface area contributed by atoms with Gasteiger partial charge in [-0.15, -0.1) is 5.10 Å². The van der Waals surface area contributed by atoms with Crippen molar-refractivity contribution in [1.82, 2.24) is 20.3 Å². The van der Waals surface area contributed by atoms with Crippen LogP contribution in [0.1, 0.15) is 37.8 Å². The molecule has 88 valence electrons. The normalized spacial score (nSPS) is 20.2. The Labute approximate surface area is 96.4 Å². The third kappa shape index (κ3) is 3.04. The number of aryl methyl sites for hydroxylation is 1. The number of rotatable bonds is 7. The maximum absolute atomic E-state index is 4.18. The highest BCUT2D eigenvalue weighted by Crippen LogP contribution is 2.32. The van der Waals surface area contributed by atoms with E-state index >= 15 is 0 Å². The Balaban J connectivity index is 1.39. The Morgan fingerprint density at radius 3 is 2.81 bits per heavy atom. The average molecular weight is 220 g/mol. The van der Waals surface area contributed by atoms with Crippen molar-refractivity contribution in [1.29, 1.82) is 0 Å². The van der Waals surface area contributed by atoms with Crippen molar-refractivity contribution in [3.05, 3.63) is 11.9 Å². The lowest BCUT2D eigenvalue weighted by atomic mass is 10.3. The number of nitrogens with one attached hydrogen (secondary N) is 1. The predicted molar refractivity (Wildman–Crippen MR) is 61.8 cm³/mol. The van der Waals surface area contributed by atoms with E-state index in [1.165, 1.54) is 32.1 Å². The van der Waals surface area contributed by atoms with Gasteiger partial charge in [0.15, 0.2) is 0 Å². The van der Waals surface area contributed by atoms with E-state index in [2.05, 4.69) is 21.8 Å². The van der Waals surface area contributed by atoms with Crippen LogP contribution in [0.4, 0.5) is 0 Å². The molecule has 2 fully saturated rings. The molecule has 0 atom stereocenters. The minimum absolute atomic E-state index is 0.875. The summed E-state index contributed by atoms with van der Waals surface area (Å²) in [7, 11) is 0. The van der Waals surface area contributed by atoms with E-state index in [0.717, 1.165) is 37.2 Å². The molecular weight excluding hydrogens is 200 g/mol. The molecule has 0 aliphatic heterocycles. The van der Waals surface area contributed by atoms with Gasteiger partial charge in [-0.1, -0.05) is 18.1 Å². The second kappa shape index (κ2) is 4.53. The first-order valence-corrected chi connectivity index (χ1v) is 6.50. The summed E-state index contributed by atoms with van der Waals surface area (Å²) < 4.78 is 1.99. The molecule has 1 aromatic rings. The van der Waals surface area contributed by atoms with Gasteiger partial charge in [-0.2, -0.15) is 0 Å². The summed E-state index contributed by atoms with van der Waals surface area (Å²) in [5, 5.41) is 11.8. The van der Waals surface area contributed by atoms with Crippen LogP contribution < -0.4 is 5.32 Å². The standard InChI is InChI=1S/C12H20N4/c1-2-10(1)5-6-16-9-12(14-15-16)8-13-7-11-3-4-11/h9-11,13H,1-8H2. The summed E-state index contributed by atoms with van der Waals surface area (Å²) in [5.41, 5.74) is 1.08. The first-order chi connectivity index (χ1) is 7.90. The smallest absolute Gasteiger partial charge is 0.0964 e. The Morgan fingerprint density at radius 2 is 2.06 bits per heavy atom. The minimum atomic E-state index is 0.875. The fourth-order valence-corrected chi connectivity index (χ4v) is 1.98. The van der Waals surface area contributed by atoms with Gasteiger partial charge in [0, 0.05) is 19.3 Å². The van der Waals surface area contributed by atoms with Crippen LogP contribution in [0.15, 0.2) is 6.20 Å². The van der Waals surface area contributed by atoms with Crippen LogP contribution >= 0.6 is 0 Å². The van der Waals surface area contributed by atoms with E-state index in [0.29, 0.717) is 0 Å². The second-order valence-corrected chi connectivity index (χ2v) is 5.28. The van der Waals surface area contributed by atoms with Crippen LogP contribution in [0.3, 0.4) is 0 Å². The van der Waals surface area contributed by atoms with Crippen molar-refractivity contribution < 1.29 is 0 Å². The molecule has 1 N–H and O–H groups in total. The third-order valence-corrected chi connectivity index (χ3v) is 3.49. The van der Waals surface area contributed by atoms with Crippen molar-refractivity contribution in [3.63, 3.8) is 0 Å². The van der Waals surface area contributed by atoms with Crippen LogP contribution in [-0.4, -0.2) is 21.5 Å². The predicted octanol–water partition coefficient (Wildman–Crippen LogP) is 1.58. The Hall–Kier alpha value is -0.900. The molecule has 4 nitrogen and oxygen atoms in total. The van der Waals surface area contributed by atoms with Gasteiger partial charge < -0.3 is 5.32 Å². The minimum Gasteiger partial charge on any atom is -0.311 e. The Bertz CT molecular complexity index is 339. The van der Waals surface area contributed by atoms with Crippen LogP contribution in [0.5, 0.6) is 0 Å². The van der Waals surface area contributed by atoms with Crippen LogP contribution in [0.25, 0.3) is 0 Å². The number of aromatic nitrogens is 3. The van der Waals surface area contributed by atoms with E-state index < -0.39 is 0 Å². The van der Waals surface area contributed by atoms with Gasteiger partial charge in [-0.25, -0.2) is 0 Å². The third-order valence-electron chi connectivity index (χ3n) is 3.49. The number of hydrogen-bond acceptors (Lipinski definition) is 3. The molecule has 0 unspecified atom stereocenters. The first kappa shape index (κ1) is 10.3. The number of nitrogens with zero attached hydrogens (tertiary/aromatic N) is 3. The van der Waals surface area contributed by atoms with Gasteiger partial charge in [-0.3, -0.25) is 4.68 Å². The molecule has 0 saturated heterocycles. The Kier molecular flexibility index (Phi) is 2.91. The summed E-state index contributed by atoms with van der Waals surface area (Å²) in [4.78, 5) is 0. The molecule has 2 saturated carbocycles. The van der Waals surface area contributed by atoms with Crippen molar-refractivity contribution in [2.45, 2.75) is 45.2 Å². The van der Waals surface area contributed by atoms with Crippen molar-refractivity contribution in [2.24, 2.45) is 11.8 Å². The summed E-state index contributed by atoms with van der Waals surface area (Å²) in [6.07, 6.45) is 9.01. The maximum Gasteiger partial charge on any atom is 0.0964 e. The maximum atomic E-state index is 4.18. The van der Waals surface area contributed by atoms with Gasteiger partial charge >= 0.3 is 0 Å². The monoisotopic (exact) mass is 220 g/mol. The molecule has 3 rings (SSSR count). The lowest BCUT2D eigenvalue weighted by Gasteiger charge is -1.99. The van der Waals surface area contributed by atoms with Gasteiger partial charge in [-0.05, 0) is 37.6 Å². The largest absolute Gasteiger partial charge is 0.311 e. The first-order valence-electron chi connectivity index (χ1n) is 6.50. The van der Waals surface area contributed by atoms with Gasteiger partial charge in [0.25, 0.3) is 0 Å². The van der Waals surface area contributed by atoms with E-state index in [1.807, 2.05) is 4.68 Å². The highest BCUT2D eigenvalue weighted by atomic mass is 15.4. The van der Waals surface area contributed by atoms with Crippen molar-refractivity contribution in [2.75, 3.05) is 6.54 Å². The molecule has 0 bridgehead atoms. The molecule has 2 aliphatic rings. The molecular formula is C12H20N4. The van der Waals surface area contributed by atoms with Gasteiger partial charge in [0.05, 0.1) is 5.69 Å². The van der Waals surface area contributed by atoms with Crippen LogP contribution in [-0.2, 0) is 13.1 Å². The topological polar surface area (TPSA) is 42.7 Å². The molecule has 0 amide bonds. The molecule has 1 heterocycles. The molecule has 0 radical (unpaired) electrons. The van der Waals surface area contributed by atoms with Crippen LogP contribution in [0, 0.1) is 11.8 Å². The fourth-order valence-electron chi connectivity index (χ4n) is 1.98. The number of hydrogen-bond donors (Lipinski definition) is 1. The summed E-state index contributed by atoms with van der Waals surface area (Å²) >= 11 is 0. The van der Waals surface area contributed by atoms with Crippen molar-refractivity contribution in [3.8, 4) is 0 Å². The molecule has 0 spiro atoms. The van der Waals surface area contributed by atoms with E-state index in [-0.39, 0.29) is 0 Å². The highest BCUT2D eigenvalue weighted by molar-refractivity contribution is 4.92. The van der Waals surface area contributed by atoms with E-state index in [4.69, 9.17) is 0 Å². The quantitative estimate of drug-likeness (QED) is 0.758. The molecule has 2 aliphatic carbocycles. The highest BCUT2D eigenvalue weighted by Gasteiger charge is 2.21. The molecule has 1 aromatic heterocycles. The molecule has 16 heavy (non-hydrogen) atoms. The fraction of sp³-hybridized carbons (Fsp3) is 0.833. The summed E-state index contributed by atoms with van der Waals surface area (Å²) in [6, 6.07) is 0. The SMILES string of the molecule is c1c(CNCC2CC2)nnn1CCC1CC1. The summed E-state index contributed by atoms with van der Waals surface area (Å²) in [6.45, 7) is 3.06. The lowest BCUT2D eigenvalue weighted by Crippen LogP contribution is -2.16. The van der Waals surface area contributed by atoms with Crippen molar-refractivity contribution >= 4 is 0 Å². The van der Waals surface area contributed by atoms with E-state index in [1.54, 1.807) is 0 Å². The molecule has 4 heteroatoms. The zero-order valence-corrected chi connectivity index (χ0v) is 9.73. The van der Waals surface area contributed by atoms with Gasteiger partial charge in [0.1, 0.15) is 0 Å². The molecule has 0 aromatic carbocycles. The zero-order valence-electron chi connectivity index (χ0n) is 9.73. The Morgan fingerprint density at radius 1 is 1.25 bits per heavy atom. The van der Waals surface area contributed by atoms with E-state index in [9.17, 15) is 0 Å². The van der Waals surface area contributed by atoms with Gasteiger partial charge in [0.2, 0.25) is 0 Å². The zero-order chi connectivity index (χ0) is 10.8. The van der Waals surface area contributed by atoms with Crippen LogP contribution in [0.2, 0.25) is 0 Å². The second-order valence-electron chi connectivity index (χ2n) is 5.28. The average Bonchev–Trinajstić information content (AvgIpc) is 3.18. The summed E-state index contributed by atoms with van der Waals surface area (Å²) in [5.74, 6) is 1.91.